The van der Waals surface area contributed by atoms with E-state index in [1.807, 2.05) is 0 Å². The second-order valence-corrected chi connectivity index (χ2v) is 6.00. The highest BCUT2D eigenvalue weighted by Crippen LogP contribution is 2.18. The first-order valence-corrected chi connectivity index (χ1v) is 6.90. The van der Waals surface area contributed by atoms with Crippen LogP contribution in [0.3, 0.4) is 0 Å². The zero-order chi connectivity index (χ0) is 13.2. The summed E-state index contributed by atoms with van der Waals surface area (Å²) >= 11 is 0. The summed E-state index contributed by atoms with van der Waals surface area (Å²) in [5.41, 5.74) is 5.70. The third-order valence-corrected chi connectivity index (χ3v) is 3.32. The van der Waals surface area contributed by atoms with E-state index >= 15 is 0 Å². The highest BCUT2D eigenvalue weighted by Gasteiger charge is 2.20. The van der Waals surface area contributed by atoms with Crippen molar-refractivity contribution >= 4 is 21.6 Å². The predicted molar refractivity (Wildman–Crippen MR) is 62.4 cm³/mol. The van der Waals surface area contributed by atoms with Crippen molar-refractivity contribution in [2.75, 3.05) is 24.9 Å². The molecule has 0 fully saturated rings. The monoisotopic (exact) mass is 261 g/mol. The van der Waals surface area contributed by atoms with Gasteiger partial charge in [0.15, 0.2) is 5.69 Å². The molecular weight excluding hydrogens is 246 g/mol. The molecular formula is C9H15N3O4S. The SMILES string of the molecule is COC(=O)c1ncn(C(C)CS(C)(=O)=O)c1N. The highest BCUT2D eigenvalue weighted by atomic mass is 32.2. The molecule has 7 nitrogen and oxygen atoms in total. The van der Waals surface area contributed by atoms with Gasteiger partial charge in [0.2, 0.25) is 0 Å². The molecule has 0 amide bonds. The smallest absolute Gasteiger partial charge is 0.360 e. The Labute approximate surface area is 99.5 Å². The quantitative estimate of drug-likeness (QED) is 0.756. The Kier molecular flexibility index (Phi) is 3.76. The van der Waals surface area contributed by atoms with Crippen LogP contribution < -0.4 is 5.73 Å². The minimum absolute atomic E-state index is 0.00662. The van der Waals surface area contributed by atoms with Crippen LogP contribution in [0, 0.1) is 0 Å². The molecule has 0 radical (unpaired) electrons. The number of hydrogen-bond acceptors (Lipinski definition) is 6. The van der Waals surface area contributed by atoms with Crippen molar-refractivity contribution < 1.29 is 17.9 Å². The molecule has 0 aliphatic rings. The zero-order valence-electron chi connectivity index (χ0n) is 9.87. The van der Waals surface area contributed by atoms with Crippen molar-refractivity contribution in [2.45, 2.75) is 13.0 Å². The molecule has 1 heterocycles. The van der Waals surface area contributed by atoms with E-state index in [2.05, 4.69) is 9.72 Å². The summed E-state index contributed by atoms with van der Waals surface area (Å²) in [5.74, 6) is -0.616. The lowest BCUT2D eigenvalue weighted by Crippen LogP contribution is -2.18. The Morgan fingerprint density at radius 3 is 2.71 bits per heavy atom. The first kappa shape index (κ1) is 13.5. The first-order valence-electron chi connectivity index (χ1n) is 4.84. The number of sulfone groups is 1. The number of anilines is 1. The summed E-state index contributed by atoms with van der Waals surface area (Å²) in [6.45, 7) is 1.68. The molecule has 96 valence electrons. The lowest BCUT2D eigenvalue weighted by Gasteiger charge is -2.13. The lowest BCUT2D eigenvalue weighted by atomic mass is 10.3. The number of hydrogen-bond donors (Lipinski definition) is 1. The van der Waals surface area contributed by atoms with Crippen LogP contribution in [0.25, 0.3) is 0 Å². The molecule has 0 saturated carbocycles. The van der Waals surface area contributed by atoms with Crippen molar-refractivity contribution in [3.63, 3.8) is 0 Å². The van der Waals surface area contributed by atoms with Gasteiger partial charge >= 0.3 is 5.97 Å². The molecule has 1 atom stereocenters. The van der Waals surface area contributed by atoms with Gasteiger partial charge in [-0.25, -0.2) is 18.2 Å². The van der Waals surface area contributed by atoms with Crippen LogP contribution in [-0.4, -0.2) is 43.1 Å². The van der Waals surface area contributed by atoms with Gasteiger partial charge in [-0.2, -0.15) is 0 Å². The van der Waals surface area contributed by atoms with Crippen LogP contribution in [-0.2, 0) is 14.6 Å². The average Bonchev–Trinajstić information content (AvgIpc) is 2.56. The van der Waals surface area contributed by atoms with E-state index in [0.717, 1.165) is 6.26 Å². The van der Waals surface area contributed by atoms with Crippen molar-refractivity contribution in [3.8, 4) is 0 Å². The molecule has 8 heteroatoms. The highest BCUT2D eigenvalue weighted by molar-refractivity contribution is 7.90. The third-order valence-electron chi connectivity index (χ3n) is 2.23. The molecule has 0 aromatic carbocycles. The van der Waals surface area contributed by atoms with E-state index in [1.54, 1.807) is 6.92 Å². The van der Waals surface area contributed by atoms with Gasteiger partial charge in [0.25, 0.3) is 0 Å². The maximum absolute atomic E-state index is 11.3. The van der Waals surface area contributed by atoms with Gasteiger partial charge in [-0.3, -0.25) is 0 Å². The number of rotatable bonds is 4. The number of aromatic nitrogens is 2. The van der Waals surface area contributed by atoms with Gasteiger partial charge < -0.3 is 15.0 Å². The Bertz CT molecular complexity index is 520. The van der Waals surface area contributed by atoms with Crippen LogP contribution in [0.5, 0.6) is 0 Å². The van der Waals surface area contributed by atoms with E-state index in [0.29, 0.717) is 0 Å². The zero-order valence-corrected chi connectivity index (χ0v) is 10.7. The minimum Gasteiger partial charge on any atom is -0.464 e. The number of carbonyl (C=O) groups is 1. The molecule has 1 rings (SSSR count). The second-order valence-electron chi connectivity index (χ2n) is 3.82. The molecule has 0 aliphatic heterocycles. The average molecular weight is 261 g/mol. The number of esters is 1. The number of methoxy groups -OCH3 is 1. The van der Waals surface area contributed by atoms with E-state index in [-0.39, 0.29) is 17.3 Å². The molecule has 0 spiro atoms. The second kappa shape index (κ2) is 4.74. The molecule has 1 aromatic heterocycles. The molecule has 0 saturated heterocycles. The molecule has 17 heavy (non-hydrogen) atoms. The van der Waals surface area contributed by atoms with E-state index < -0.39 is 21.8 Å². The maximum atomic E-state index is 11.3. The largest absolute Gasteiger partial charge is 0.464 e. The minimum atomic E-state index is -3.13. The molecule has 0 bridgehead atoms. The Balaban J connectivity index is 3.01. The molecule has 2 N–H and O–H groups in total. The summed E-state index contributed by atoms with van der Waals surface area (Å²) in [7, 11) is -1.90. The van der Waals surface area contributed by atoms with Crippen LogP contribution >= 0.6 is 0 Å². The topological polar surface area (TPSA) is 104 Å². The fourth-order valence-electron chi connectivity index (χ4n) is 1.49. The van der Waals surface area contributed by atoms with Crippen molar-refractivity contribution in [1.29, 1.82) is 0 Å². The van der Waals surface area contributed by atoms with Gasteiger partial charge in [0.05, 0.1) is 19.2 Å². The van der Waals surface area contributed by atoms with Gasteiger partial charge in [0.1, 0.15) is 15.7 Å². The Morgan fingerprint density at radius 1 is 1.65 bits per heavy atom. The Hall–Kier alpha value is -1.57. The number of nitrogen functional groups attached to an aromatic ring is 1. The van der Waals surface area contributed by atoms with Crippen LogP contribution in [0.1, 0.15) is 23.5 Å². The fourth-order valence-corrected chi connectivity index (χ4v) is 2.53. The third kappa shape index (κ3) is 3.19. The lowest BCUT2D eigenvalue weighted by molar-refractivity contribution is 0.0596. The van der Waals surface area contributed by atoms with Crippen LogP contribution in [0.15, 0.2) is 6.33 Å². The first-order chi connectivity index (χ1) is 7.76. The molecule has 1 aromatic rings. The predicted octanol–water partition coefficient (Wildman–Crippen LogP) is -0.142. The summed E-state index contributed by atoms with van der Waals surface area (Å²) in [5, 5.41) is 0. The van der Waals surface area contributed by atoms with Gasteiger partial charge in [0, 0.05) is 12.3 Å². The summed E-state index contributed by atoms with van der Waals surface area (Å²) < 4.78 is 28.2. The molecule has 1 unspecified atom stereocenters. The number of carbonyl (C=O) groups excluding carboxylic acids is 1. The molecule has 0 aliphatic carbocycles. The summed E-state index contributed by atoms with van der Waals surface area (Å²) in [4.78, 5) is 15.1. The number of nitrogens with two attached hydrogens (primary N) is 1. The van der Waals surface area contributed by atoms with E-state index in [9.17, 15) is 13.2 Å². The van der Waals surface area contributed by atoms with Gasteiger partial charge in [-0.1, -0.05) is 0 Å². The van der Waals surface area contributed by atoms with Crippen molar-refractivity contribution in [3.05, 3.63) is 12.0 Å². The van der Waals surface area contributed by atoms with E-state index in [1.165, 1.54) is 18.0 Å². The normalized spacial score (nSPS) is 13.4. The maximum Gasteiger partial charge on any atom is 0.360 e. The summed E-state index contributed by atoms with van der Waals surface area (Å²) in [6, 6.07) is -0.393. The van der Waals surface area contributed by atoms with Crippen molar-refractivity contribution in [2.24, 2.45) is 0 Å². The summed E-state index contributed by atoms with van der Waals surface area (Å²) in [6.07, 6.45) is 2.47. The standard InChI is InChI=1S/C9H15N3O4S/c1-6(4-17(3,14)15)12-5-11-7(8(12)10)9(13)16-2/h5-6H,4,10H2,1-3H3. The van der Waals surface area contributed by atoms with Crippen LogP contribution in [0.4, 0.5) is 5.82 Å². The number of imidazole rings is 1. The van der Waals surface area contributed by atoms with Gasteiger partial charge in [-0.15, -0.1) is 0 Å². The Morgan fingerprint density at radius 2 is 2.24 bits per heavy atom. The van der Waals surface area contributed by atoms with Gasteiger partial charge in [-0.05, 0) is 6.92 Å². The van der Waals surface area contributed by atoms with Crippen LogP contribution in [0.2, 0.25) is 0 Å². The van der Waals surface area contributed by atoms with E-state index in [4.69, 9.17) is 5.73 Å². The number of ether oxygens (including phenoxy) is 1. The number of nitrogens with zero attached hydrogens (tertiary/aromatic N) is 2. The van der Waals surface area contributed by atoms with Crippen molar-refractivity contribution in [1.82, 2.24) is 9.55 Å². The fraction of sp³-hybridized carbons (Fsp3) is 0.556.